The predicted octanol–water partition coefficient (Wildman–Crippen LogP) is 1.78. The molecule has 8 heteroatoms. The minimum absolute atomic E-state index is 0.0134. The van der Waals surface area contributed by atoms with Gasteiger partial charge in [0.15, 0.2) is 10.1 Å². The number of unbranched alkanes of at least 4 members (excludes halogenated alkanes) is 1. The zero-order valence-electron chi connectivity index (χ0n) is 14.8. The number of aryl methyl sites for hydroxylation is 2. The lowest BCUT2D eigenvalue weighted by Crippen LogP contribution is -2.43. The van der Waals surface area contributed by atoms with Crippen LogP contribution in [0, 0.1) is 0 Å². The standard InChI is InChI=1S/C8H15N2.C7H16O5S/c1-3-4-5-10-7-6-9(2)8-10;1-4-7(11-5-2,12-6-3)13(8,9)10/h6-8H,3-5H2,1-2H3;4-6H2,1-3H3,(H,8,9,10)/q+1;/p-1. The van der Waals surface area contributed by atoms with Crippen molar-refractivity contribution < 1.29 is 27.0 Å². The molecule has 0 aliphatic carbocycles. The van der Waals surface area contributed by atoms with Crippen molar-refractivity contribution in [3.63, 3.8) is 0 Å². The summed E-state index contributed by atoms with van der Waals surface area (Å²) in [6.07, 6.45) is 8.80. The molecular weight excluding hydrogens is 320 g/mol. The third-order valence-electron chi connectivity index (χ3n) is 3.14. The monoisotopic (exact) mass is 350 g/mol. The fourth-order valence-electron chi connectivity index (χ4n) is 1.98. The lowest BCUT2D eigenvalue weighted by atomic mass is 10.3. The fraction of sp³-hybridized carbons (Fsp3) is 0.800. The van der Waals surface area contributed by atoms with E-state index in [4.69, 9.17) is 9.47 Å². The molecule has 0 unspecified atom stereocenters. The van der Waals surface area contributed by atoms with Crippen molar-refractivity contribution in [3.8, 4) is 0 Å². The molecule has 136 valence electrons. The first kappa shape index (κ1) is 22.0. The Morgan fingerprint density at radius 3 is 2.04 bits per heavy atom. The van der Waals surface area contributed by atoms with Crippen LogP contribution >= 0.6 is 0 Å². The normalized spacial score (nSPS) is 11.9. The average molecular weight is 350 g/mol. The van der Waals surface area contributed by atoms with Crippen molar-refractivity contribution in [2.45, 2.75) is 58.6 Å². The van der Waals surface area contributed by atoms with Gasteiger partial charge in [0.1, 0.15) is 12.4 Å². The van der Waals surface area contributed by atoms with Gasteiger partial charge >= 0.3 is 0 Å². The largest absolute Gasteiger partial charge is 0.744 e. The Bertz CT molecular complexity index is 522. The Morgan fingerprint density at radius 2 is 1.74 bits per heavy atom. The zero-order chi connectivity index (χ0) is 17.9. The summed E-state index contributed by atoms with van der Waals surface area (Å²) in [6, 6.07) is 0. The van der Waals surface area contributed by atoms with Crippen LogP contribution in [0.25, 0.3) is 0 Å². The van der Waals surface area contributed by atoms with E-state index in [1.165, 1.54) is 19.8 Å². The lowest BCUT2D eigenvalue weighted by Gasteiger charge is -2.33. The summed E-state index contributed by atoms with van der Waals surface area (Å²) < 4.78 is 46.6. The number of hydrogen-bond donors (Lipinski definition) is 0. The molecule has 0 atom stereocenters. The van der Waals surface area contributed by atoms with Crippen LogP contribution < -0.4 is 4.57 Å². The molecule has 0 spiro atoms. The van der Waals surface area contributed by atoms with Crippen LogP contribution in [0.3, 0.4) is 0 Å². The Morgan fingerprint density at radius 1 is 1.17 bits per heavy atom. The molecule has 0 bridgehead atoms. The SMILES string of the molecule is CCCCn1cc[n+](C)c1.CCOC(CC)(OCC)S(=O)(=O)[O-]. The second kappa shape index (κ2) is 10.7. The van der Waals surface area contributed by atoms with E-state index in [0.717, 1.165) is 6.54 Å². The molecule has 1 rings (SSSR count). The number of rotatable bonds is 9. The van der Waals surface area contributed by atoms with Crippen LogP contribution in [0.1, 0.15) is 47.0 Å². The number of aromatic nitrogens is 2. The Kier molecular flexibility index (Phi) is 10.3. The van der Waals surface area contributed by atoms with Crippen molar-refractivity contribution in [1.29, 1.82) is 0 Å². The topological polar surface area (TPSA) is 84.5 Å². The average Bonchev–Trinajstić information content (AvgIpc) is 2.90. The van der Waals surface area contributed by atoms with Crippen molar-refractivity contribution in [2.75, 3.05) is 13.2 Å². The van der Waals surface area contributed by atoms with Crippen LogP contribution in [-0.2, 0) is 33.2 Å². The lowest BCUT2D eigenvalue weighted by molar-refractivity contribution is -0.671. The quantitative estimate of drug-likeness (QED) is 0.385. The molecule has 23 heavy (non-hydrogen) atoms. The number of imidazole rings is 1. The zero-order valence-corrected chi connectivity index (χ0v) is 15.6. The minimum atomic E-state index is -4.60. The summed E-state index contributed by atoms with van der Waals surface area (Å²) in [5, 5.41) is -2.00. The molecule has 1 heterocycles. The van der Waals surface area contributed by atoms with Gasteiger partial charge in [-0.3, -0.25) is 0 Å². The molecule has 7 nitrogen and oxygen atoms in total. The molecule has 0 N–H and O–H groups in total. The van der Waals surface area contributed by atoms with E-state index in [0.29, 0.717) is 0 Å². The van der Waals surface area contributed by atoms with E-state index in [1.807, 2.05) is 7.05 Å². The molecule has 0 fully saturated rings. The Balaban J connectivity index is 0.000000433. The van der Waals surface area contributed by atoms with Gasteiger partial charge in [0, 0.05) is 19.6 Å². The summed E-state index contributed by atoms with van der Waals surface area (Å²) in [4.78, 5) is 0. The van der Waals surface area contributed by atoms with E-state index in [1.54, 1.807) is 13.8 Å². The molecule has 0 aliphatic heterocycles. The molecule has 0 aliphatic rings. The molecule has 0 amide bonds. The van der Waals surface area contributed by atoms with Gasteiger partial charge in [0.05, 0.1) is 13.6 Å². The van der Waals surface area contributed by atoms with Gasteiger partial charge in [-0.25, -0.2) is 17.6 Å². The summed E-state index contributed by atoms with van der Waals surface area (Å²) in [5.74, 6) is 0. The highest BCUT2D eigenvalue weighted by molar-refractivity contribution is 7.86. The highest BCUT2D eigenvalue weighted by Gasteiger charge is 2.37. The summed E-state index contributed by atoms with van der Waals surface area (Å²) in [7, 11) is -2.55. The van der Waals surface area contributed by atoms with Gasteiger partial charge in [0.25, 0.3) is 5.12 Å². The third kappa shape index (κ3) is 7.43. The van der Waals surface area contributed by atoms with Crippen molar-refractivity contribution in [2.24, 2.45) is 7.05 Å². The van der Waals surface area contributed by atoms with E-state index >= 15 is 0 Å². The van der Waals surface area contributed by atoms with Gasteiger partial charge in [-0.05, 0) is 20.3 Å². The number of ether oxygens (including phenoxy) is 2. The summed E-state index contributed by atoms with van der Waals surface area (Å²) in [6.45, 7) is 8.34. The van der Waals surface area contributed by atoms with E-state index < -0.39 is 15.2 Å². The first-order chi connectivity index (χ1) is 10.8. The first-order valence-electron chi connectivity index (χ1n) is 8.00. The van der Waals surface area contributed by atoms with Crippen LogP contribution in [0.5, 0.6) is 0 Å². The van der Waals surface area contributed by atoms with Crippen LogP contribution in [0.2, 0.25) is 0 Å². The molecule has 0 radical (unpaired) electrons. The van der Waals surface area contributed by atoms with E-state index in [-0.39, 0.29) is 19.6 Å². The van der Waals surface area contributed by atoms with Crippen LogP contribution in [0.4, 0.5) is 0 Å². The maximum atomic E-state index is 10.9. The summed E-state index contributed by atoms with van der Waals surface area (Å²) >= 11 is 0. The molecule has 1 aromatic rings. The minimum Gasteiger partial charge on any atom is -0.744 e. The van der Waals surface area contributed by atoms with Crippen LogP contribution in [0.15, 0.2) is 18.7 Å². The van der Waals surface area contributed by atoms with Crippen LogP contribution in [-0.4, -0.2) is 35.9 Å². The predicted molar refractivity (Wildman–Crippen MR) is 86.5 cm³/mol. The third-order valence-corrected chi connectivity index (χ3v) is 4.42. The number of hydrogen-bond acceptors (Lipinski definition) is 5. The maximum Gasteiger partial charge on any atom is 0.261 e. The molecule has 0 saturated carbocycles. The van der Waals surface area contributed by atoms with Gasteiger partial charge in [0.2, 0.25) is 6.33 Å². The first-order valence-corrected chi connectivity index (χ1v) is 9.41. The Hall–Kier alpha value is -0.960. The highest BCUT2D eigenvalue weighted by atomic mass is 32.2. The van der Waals surface area contributed by atoms with E-state index in [2.05, 4.69) is 34.8 Å². The van der Waals surface area contributed by atoms with Gasteiger partial charge in [-0.2, -0.15) is 0 Å². The van der Waals surface area contributed by atoms with Crippen molar-refractivity contribution in [3.05, 3.63) is 18.7 Å². The van der Waals surface area contributed by atoms with Gasteiger partial charge in [-0.15, -0.1) is 0 Å². The number of nitrogens with zero attached hydrogens (tertiary/aromatic N) is 2. The fourth-order valence-corrected chi connectivity index (χ4v) is 2.86. The second-order valence-electron chi connectivity index (χ2n) is 5.03. The van der Waals surface area contributed by atoms with E-state index in [9.17, 15) is 13.0 Å². The van der Waals surface area contributed by atoms with Gasteiger partial charge < -0.3 is 14.0 Å². The molecule has 0 aromatic carbocycles. The smallest absolute Gasteiger partial charge is 0.261 e. The maximum absolute atomic E-state index is 10.9. The van der Waals surface area contributed by atoms with Crippen molar-refractivity contribution >= 4 is 10.1 Å². The second-order valence-corrected chi connectivity index (χ2v) is 6.56. The molecular formula is C15H30N2O5S. The summed E-state index contributed by atoms with van der Waals surface area (Å²) in [5.41, 5.74) is 0. The molecule has 0 saturated heterocycles. The molecule has 1 aromatic heterocycles. The van der Waals surface area contributed by atoms with Crippen molar-refractivity contribution in [1.82, 2.24) is 4.57 Å². The highest BCUT2D eigenvalue weighted by Crippen LogP contribution is 2.23. The van der Waals surface area contributed by atoms with Gasteiger partial charge in [-0.1, -0.05) is 20.3 Å². The Labute approximate surface area is 140 Å².